The maximum Gasteiger partial charge on any atom is 0.272 e. The van der Waals surface area contributed by atoms with E-state index < -0.39 is 29.6 Å². The lowest BCUT2D eigenvalue weighted by molar-refractivity contribution is -0.129. The van der Waals surface area contributed by atoms with Crippen LogP contribution in [0.5, 0.6) is 0 Å². The molecule has 3 aromatic rings. The third-order valence-corrected chi connectivity index (χ3v) is 4.71. The fourth-order valence-electron chi connectivity index (χ4n) is 3.14. The monoisotopic (exact) mass is 419 g/mol. The van der Waals surface area contributed by atoms with Crippen molar-refractivity contribution in [2.45, 2.75) is 26.5 Å². The molecule has 0 aliphatic heterocycles. The third kappa shape index (κ3) is 4.03. The summed E-state index contributed by atoms with van der Waals surface area (Å²) in [6, 6.07) is 2.99. The average Bonchev–Trinajstić information content (AvgIpc) is 3.29. The molecule has 2 aromatic heterocycles. The molecule has 1 unspecified atom stereocenters. The molecular weight excluding hydrogens is 400 g/mol. The number of benzene rings is 1. The molecule has 0 saturated carbocycles. The standard InChI is InChI=1S/C18H19F2N7O3/c1-8-14(16(28)18(30)21-7-13-23-25-26-24-13)9(2)27(3)15(8)17(29)22-10-4-5-11(19)12(20)6-10/h4-6,16,28H,7H2,1-3H3,(H,21,30)(H,22,29)(H,23,24,25,26). The largest absolute Gasteiger partial charge is 0.378 e. The molecule has 0 saturated heterocycles. The van der Waals surface area contributed by atoms with Gasteiger partial charge in [0.1, 0.15) is 5.69 Å². The topological polar surface area (TPSA) is 138 Å². The molecule has 30 heavy (non-hydrogen) atoms. The zero-order chi connectivity index (χ0) is 22.0. The molecule has 12 heteroatoms. The molecule has 0 aliphatic rings. The van der Waals surface area contributed by atoms with Crippen LogP contribution in [0.15, 0.2) is 18.2 Å². The number of nitrogens with one attached hydrogen (secondary N) is 3. The summed E-state index contributed by atoms with van der Waals surface area (Å²) in [5.41, 5.74) is 1.36. The predicted molar refractivity (Wildman–Crippen MR) is 100 cm³/mol. The Morgan fingerprint density at radius 3 is 2.63 bits per heavy atom. The van der Waals surface area contributed by atoms with Gasteiger partial charge in [-0.2, -0.15) is 5.21 Å². The van der Waals surface area contributed by atoms with E-state index in [0.717, 1.165) is 12.1 Å². The molecule has 1 atom stereocenters. The summed E-state index contributed by atoms with van der Waals surface area (Å²) in [5, 5.41) is 28.5. The van der Waals surface area contributed by atoms with Gasteiger partial charge in [0.25, 0.3) is 11.8 Å². The lowest BCUT2D eigenvalue weighted by atomic mass is 10.0. The van der Waals surface area contributed by atoms with Crippen molar-refractivity contribution in [3.63, 3.8) is 0 Å². The minimum Gasteiger partial charge on any atom is -0.378 e. The van der Waals surface area contributed by atoms with Gasteiger partial charge in [-0.3, -0.25) is 9.59 Å². The number of aliphatic hydroxyl groups excluding tert-OH is 1. The Labute approximate surface area is 169 Å². The van der Waals surface area contributed by atoms with Crippen LogP contribution >= 0.6 is 0 Å². The van der Waals surface area contributed by atoms with Gasteiger partial charge in [-0.25, -0.2) is 8.78 Å². The summed E-state index contributed by atoms with van der Waals surface area (Å²) < 4.78 is 28.0. The van der Waals surface area contributed by atoms with Crippen LogP contribution in [0.1, 0.15) is 39.2 Å². The average molecular weight is 419 g/mol. The van der Waals surface area contributed by atoms with Crippen LogP contribution in [-0.2, 0) is 18.4 Å². The highest BCUT2D eigenvalue weighted by Crippen LogP contribution is 2.28. The number of aliphatic hydroxyl groups is 1. The molecular formula is C18H19F2N7O3. The van der Waals surface area contributed by atoms with Gasteiger partial charge in [-0.1, -0.05) is 5.21 Å². The quantitative estimate of drug-likeness (QED) is 0.471. The first-order valence-corrected chi connectivity index (χ1v) is 8.81. The number of halogens is 2. The second-order valence-electron chi connectivity index (χ2n) is 6.56. The van der Waals surface area contributed by atoms with Crippen LogP contribution in [0.3, 0.4) is 0 Å². The Morgan fingerprint density at radius 1 is 1.27 bits per heavy atom. The highest BCUT2D eigenvalue weighted by Gasteiger charge is 2.29. The summed E-state index contributed by atoms with van der Waals surface area (Å²) in [4.78, 5) is 25.1. The van der Waals surface area contributed by atoms with Crippen LogP contribution < -0.4 is 10.6 Å². The summed E-state index contributed by atoms with van der Waals surface area (Å²) in [5.74, 6) is -3.19. The summed E-state index contributed by atoms with van der Waals surface area (Å²) >= 11 is 0. The molecule has 0 bridgehead atoms. The van der Waals surface area contributed by atoms with Crippen molar-refractivity contribution in [3.05, 3.63) is 58.2 Å². The highest BCUT2D eigenvalue weighted by molar-refractivity contribution is 6.05. The number of nitrogens with zero attached hydrogens (tertiary/aromatic N) is 4. The van der Waals surface area contributed by atoms with E-state index in [-0.39, 0.29) is 29.3 Å². The number of anilines is 1. The van der Waals surface area contributed by atoms with Crippen molar-refractivity contribution in [2.24, 2.45) is 7.05 Å². The molecule has 1 aromatic carbocycles. The second kappa shape index (κ2) is 8.37. The lowest BCUT2D eigenvalue weighted by Crippen LogP contribution is -2.29. The Balaban J connectivity index is 1.82. The van der Waals surface area contributed by atoms with E-state index in [2.05, 4.69) is 31.3 Å². The zero-order valence-corrected chi connectivity index (χ0v) is 16.3. The van der Waals surface area contributed by atoms with E-state index >= 15 is 0 Å². The van der Waals surface area contributed by atoms with Gasteiger partial charge >= 0.3 is 0 Å². The van der Waals surface area contributed by atoms with E-state index in [4.69, 9.17) is 0 Å². The number of hydrogen-bond donors (Lipinski definition) is 4. The molecule has 3 rings (SSSR count). The van der Waals surface area contributed by atoms with Gasteiger partial charge in [0.05, 0.1) is 6.54 Å². The van der Waals surface area contributed by atoms with Gasteiger partial charge < -0.3 is 20.3 Å². The molecule has 0 aliphatic carbocycles. The van der Waals surface area contributed by atoms with Gasteiger partial charge in [-0.05, 0) is 31.5 Å². The predicted octanol–water partition coefficient (Wildman–Crippen LogP) is 1.04. The molecule has 10 nitrogen and oxygen atoms in total. The molecule has 0 radical (unpaired) electrons. The van der Waals surface area contributed by atoms with Crippen LogP contribution in [0.2, 0.25) is 0 Å². The summed E-state index contributed by atoms with van der Waals surface area (Å²) in [7, 11) is 1.59. The summed E-state index contributed by atoms with van der Waals surface area (Å²) in [6.45, 7) is 3.19. The Bertz CT molecular complexity index is 1100. The minimum atomic E-state index is -1.55. The Morgan fingerprint density at radius 2 is 2.00 bits per heavy atom. The first-order chi connectivity index (χ1) is 14.2. The first kappa shape index (κ1) is 21.0. The van der Waals surface area contributed by atoms with Crippen molar-refractivity contribution in [3.8, 4) is 0 Å². The van der Waals surface area contributed by atoms with Gasteiger partial charge in [0.15, 0.2) is 23.6 Å². The van der Waals surface area contributed by atoms with Gasteiger partial charge in [0.2, 0.25) is 0 Å². The number of aromatic nitrogens is 5. The van der Waals surface area contributed by atoms with Crippen LogP contribution in [0.25, 0.3) is 0 Å². The molecule has 0 fully saturated rings. The van der Waals surface area contributed by atoms with E-state index in [1.165, 1.54) is 10.6 Å². The SMILES string of the molecule is Cc1c(C(O)C(=O)NCc2nn[nH]n2)c(C)n(C)c1C(=O)Nc1ccc(F)c(F)c1. The fraction of sp³-hybridized carbons (Fsp3) is 0.278. The van der Waals surface area contributed by atoms with Crippen molar-refractivity contribution in [2.75, 3.05) is 5.32 Å². The lowest BCUT2D eigenvalue weighted by Gasteiger charge is -2.12. The minimum absolute atomic E-state index is 0.0409. The first-order valence-electron chi connectivity index (χ1n) is 8.81. The maximum absolute atomic E-state index is 13.4. The van der Waals surface area contributed by atoms with Crippen LogP contribution in [0.4, 0.5) is 14.5 Å². The Hall–Kier alpha value is -3.67. The normalized spacial score (nSPS) is 11.9. The van der Waals surface area contributed by atoms with Crippen LogP contribution in [-0.4, -0.2) is 42.1 Å². The molecule has 0 spiro atoms. The number of aromatic amines is 1. The number of rotatable bonds is 6. The number of carbonyl (C=O) groups is 2. The van der Waals surface area contributed by atoms with E-state index in [9.17, 15) is 23.5 Å². The van der Waals surface area contributed by atoms with E-state index in [1.807, 2.05) is 0 Å². The van der Waals surface area contributed by atoms with Gasteiger partial charge in [-0.15, -0.1) is 10.2 Å². The number of H-pyrrole nitrogens is 1. The van der Waals surface area contributed by atoms with Crippen molar-refractivity contribution >= 4 is 17.5 Å². The zero-order valence-electron chi connectivity index (χ0n) is 16.3. The van der Waals surface area contributed by atoms with Crippen molar-refractivity contribution in [1.82, 2.24) is 30.5 Å². The Kier molecular flexibility index (Phi) is 5.87. The van der Waals surface area contributed by atoms with Gasteiger partial charge in [0, 0.05) is 30.1 Å². The van der Waals surface area contributed by atoms with E-state index in [1.54, 1.807) is 20.9 Å². The summed E-state index contributed by atoms with van der Waals surface area (Å²) in [6.07, 6.45) is -1.55. The molecule has 2 amide bonds. The maximum atomic E-state index is 13.4. The number of tetrazole rings is 1. The number of amides is 2. The highest BCUT2D eigenvalue weighted by atomic mass is 19.2. The molecule has 4 N–H and O–H groups in total. The fourth-order valence-corrected chi connectivity index (χ4v) is 3.14. The number of carbonyl (C=O) groups excluding carboxylic acids is 2. The van der Waals surface area contributed by atoms with E-state index in [0.29, 0.717) is 11.3 Å². The molecule has 2 heterocycles. The smallest absolute Gasteiger partial charge is 0.272 e. The third-order valence-electron chi connectivity index (χ3n) is 4.71. The molecule has 158 valence electrons. The van der Waals surface area contributed by atoms with Crippen molar-refractivity contribution < 1.29 is 23.5 Å². The number of hydrogen-bond acceptors (Lipinski definition) is 6. The second-order valence-corrected chi connectivity index (χ2v) is 6.56. The van der Waals surface area contributed by atoms with Crippen LogP contribution in [0, 0.1) is 25.5 Å². The van der Waals surface area contributed by atoms with Crippen molar-refractivity contribution in [1.29, 1.82) is 0 Å².